The maximum Gasteiger partial charge on any atom is 0.416 e. The van der Waals surface area contributed by atoms with E-state index in [0.29, 0.717) is 12.1 Å². The zero-order valence-electron chi connectivity index (χ0n) is 9.80. The molecule has 0 saturated heterocycles. The number of nitrogens with zero attached hydrogens (tertiary/aromatic N) is 2. The molecule has 2 rings (SSSR count). The molecule has 0 spiro atoms. The summed E-state index contributed by atoms with van der Waals surface area (Å²) in [5.74, 6) is -0.301. The van der Waals surface area contributed by atoms with Gasteiger partial charge in [0.15, 0.2) is 0 Å². The van der Waals surface area contributed by atoms with Crippen LogP contribution in [-0.2, 0) is 12.4 Å². The van der Waals surface area contributed by atoms with Gasteiger partial charge in [-0.05, 0) is 18.2 Å². The Balaban J connectivity index is 2.63. The Morgan fingerprint density at radius 3 is 1.75 bits per heavy atom. The first-order chi connectivity index (χ1) is 9.07. The van der Waals surface area contributed by atoms with Gasteiger partial charge < -0.3 is 4.52 Å². The van der Waals surface area contributed by atoms with Gasteiger partial charge in [-0.15, -0.1) is 0 Å². The van der Waals surface area contributed by atoms with E-state index in [0.717, 1.165) is 0 Å². The molecule has 0 aliphatic rings. The summed E-state index contributed by atoms with van der Waals surface area (Å²) in [6, 6.07) is 1.12. The average molecular weight is 296 g/mol. The van der Waals surface area contributed by atoms with Crippen LogP contribution in [0.2, 0.25) is 0 Å². The molecular weight excluding hydrogens is 290 g/mol. The molecule has 0 fully saturated rings. The lowest BCUT2D eigenvalue weighted by Crippen LogP contribution is -2.11. The van der Waals surface area contributed by atoms with Crippen molar-refractivity contribution in [3.05, 3.63) is 35.2 Å². The van der Waals surface area contributed by atoms with Crippen molar-refractivity contribution in [3.8, 4) is 11.4 Å². The molecule has 20 heavy (non-hydrogen) atoms. The van der Waals surface area contributed by atoms with Gasteiger partial charge in [-0.2, -0.15) is 31.3 Å². The van der Waals surface area contributed by atoms with E-state index in [9.17, 15) is 26.3 Å². The topological polar surface area (TPSA) is 38.9 Å². The number of alkyl halides is 6. The van der Waals surface area contributed by atoms with Crippen molar-refractivity contribution in [2.24, 2.45) is 0 Å². The summed E-state index contributed by atoms with van der Waals surface area (Å²) >= 11 is 0. The first-order valence-corrected chi connectivity index (χ1v) is 5.17. The average Bonchev–Trinajstić information content (AvgIpc) is 2.73. The molecule has 1 heterocycles. The lowest BCUT2D eigenvalue weighted by molar-refractivity contribution is -0.143. The SMILES string of the molecule is Cc1nc(-c2cc(C(F)(F)F)cc(C(F)(F)F)c2)no1. The van der Waals surface area contributed by atoms with E-state index in [1.807, 2.05) is 0 Å². The molecule has 0 amide bonds. The smallest absolute Gasteiger partial charge is 0.339 e. The van der Waals surface area contributed by atoms with Crippen molar-refractivity contribution < 1.29 is 30.9 Å². The van der Waals surface area contributed by atoms with Crippen LogP contribution in [0.3, 0.4) is 0 Å². The quantitative estimate of drug-likeness (QED) is 0.744. The molecule has 0 saturated carbocycles. The van der Waals surface area contributed by atoms with E-state index < -0.39 is 29.0 Å². The van der Waals surface area contributed by atoms with Gasteiger partial charge in [0.25, 0.3) is 0 Å². The van der Waals surface area contributed by atoms with Crippen LogP contribution in [0.25, 0.3) is 11.4 Å². The highest BCUT2D eigenvalue weighted by atomic mass is 19.4. The van der Waals surface area contributed by atoms with Crippen LogP contribution < -0.4 is 0 Å². The van der Waals surface area contributed by atoms with Gasteiger partial charge in [0.05, 0.1) is 11.1 Å². The predicted octanol–water partition coefficient (Wildman–Crippen LogP) is 4.08. The summed E-state index contributed by atoms with van der Waals surface area (Å²) in [4.78, 5) is 3.61. The third-order valence-electron chi connectivity index (χ3n) is 2.37. The molecule has 0 radical (unpaired) electrons. The molecule has 2 aromatic rings. The molecule has 108 valence electrons. The van der Waals surface area contributed by atoms with Crippen LogP contribution in [0.4, 0.5) is 26.3 Å². The highest BCUT2D eigenvalue weighted by molar-refractivity contribution is 5.58. The molecule has 0 aliphatic heterocycles. The van der Waals surface area contributed by atoms with Gasteiger partial charge in [0, 0.05) is 12.5 Å². The Kier molecular flexibility index (Phi) is 3.23. The first kappa shape index (κ1) is 14.4. The van der Waals surface area contributed by atoms with E-state index in [4.69, 9.17) is 0 Å². The van der Waals surface area contributed by atoms with Crippen molar-refractivity contribution in [1.29, 1.82) is 0 Å². The number of halogens is 6. The second-order valence-corrected chi connectivity index (χ2v) is 3.93. The Labute approximate surface area is 108 Å². The van der Waals surface area contributed by atoms with Crippen molar-refractivity contribution in [3.63, 3.8) is 0 Å². The minimum atomic E-state index is -4.91. The van der Waals surface area contributed by atoms with Crippen LogP contribution in [-0.4, -0.2) is 10.1 Å². The van der Waals surface area contributed by atoms with E-state index in [1.165, 1.54) is 6.92 Å². The maximum atomic E-state index is 12.6. The fourth-order valence-electron chi connectivity index (χ4n) is 1.50. The van der Waals surface area contributed by atoms with Gasteiger partial charge in [0.1, 0.15) is 0 Å². The van der Waals surface area contributed by atoms with Crippen LogP contribution in [0.15, 0.2) is 22.7 Å². The van der Waals surface area contributed by atoms with Gasteiger partial charge in [-0.3, -0.25) is 0 Å². The summed E-state index contributed by atoms with van der Waals surface area (Å²) in [7, 11) is 0. The Bertz CT molecular complexity index is 596. The standard InChI is InChI=1S/C11H6F6N2O/c1-5-18-9(19-20-5)6-2-7(10(12,13)14)4-8(3-6)11(15,16)17/h2-4H,1H3. The van der Waals surface area contributed by atoms with Crippen LogP contribution >= 0.6 is 0 Å². The number of benzene rings is 1. The van der Waals surface area contributed by atoms with Crippen LogP contribution in [0.5, 0.6) is 0 Å². The molecular formula is C11H6F6N2O. The Hall–Kier alpha value is -2.06. The molecule has 3 nitrogen and oxygen atoms in total. The number of hydrogen-bond acceptors (Lipinski definition) is 3. The summed E-state index contributed by atoms with van der Waals surface area (Å²) in [5, 5.41) is 3.31. The number of rotatable bonds is 1. The van der Waals surface area contributed by atoms with Gasteiger partial charge >= 0.3 is 12.4 Å². The molecule has 1 aromatic carbocycles. The summed E-state index contributed by atoms with van der Waals surface area (Å²) < 4.78 is 80.3. The highest BCUT2D eigenvalue weighted by Gasteiger charge is 2.37. The third-order valence-corrected chi connectivity index (χ3v) is 2.37. The molecule has 0 N–H and O–H groups in total. The van der Waals surface area contributed by atoms with Gasteiger partial charge in [-0.1, -0.05) is 5.16 Å². The Morgan fingerprint density at radius 1 is 0.900 bits per heavy atom. The van der Waals surface area contributed by atoms with Gasteiger partial charge in [-0.25, -0.2) is 0 Å². The summed E-state index contributed by atoms with van der Waals surface area (Å²) in [6.45, 7) is 1.37. The van der Waals surface area contributed by atoms with Crippen molar-refractivity contribution >= 4 is 0 Å². The Morgan fingerprint density at radius 2 is 1.40 bits per heavy atom. The number of aromatic nitrogens is 2. The lowest BCUT2D eigenvalue weighted by atomic mass is 10.0. The highest BCUT2D eigenvalue weighted by Crippen LogP contribution is 2.38. The summed E-state index contributed by atoms with van der Waals surface area (Å²) in [5.41, 5.74) is -3.27. The zero-order valence-corrected chi connectivity index (χ0v) is 9.80. The lowest BCUT2D eigenvalue weighted by Gasteiger charge is -2.12. The maximum absolute atomic E-state index is 12.6. The zero-order chi connectivity index (χ0) is 15.1. The molecule has 0 aliphatic carbocycles. The molecule has 1 aromatic heterocycles. The van der Waals surface area contributed by atoms with Crippen LogP contribution in [0.1, 0.15) is 17.0 Å². The predicted molar refractivity (Wildman–Crippen MR) is 54.5 cm³/mol. The van der Waals surface area contributed by atoms with Crippen molar-refractivity contribution in [1.82, 2.24) is 10.1 Å². The van der Waals surface area contributed by atoms with Crippen molar-refractivity contribution in [2.75, 3.05) is 0 Å². The fraction of sp³-hybridized carbons (Fsp3) is 0.273. The molecule has 0 unspecified atom stereocenters. The monoisotopic (exact) mass is 296 g/mol. The summed E-state index contributed by atoms with van der Waals surface area (Å²) in [6.07, 6.45) is -9.82. The molecule has 0 bridgehead atoms. The van der Waals surface area contributed by atoms with Crippen LogP contribution in [0, 0.1) is 6.92 Å². The minimum Gasteiger partial charge on any atom is -0.339 e. The number of hydrogen-bond donors (Lipinski definition) is 0. The molecule has 9 heteroatoms. The van der Waals surface area contributed by atoms with Gasteiger partial charge in [0.2, 0.25) is 11.7 Å². The first-order valence-electron chi connectivity index (χ1n) is 5.17. The van der Waals surface area contributed by atoms with Crippen molar-refractivity contribution in [2.45, 2.75) is 19.3 Å². The minimum absolute atomic E-state index is 0.0333. The van der Waals surface area contributed by atoms with E-state index in [1.54, 1.807) is 0 Å². The second-order valence-electron chi connectivity index (χ2n) is 3.93. The van der Waals surface area contributed by atoms with E-state index >= 15 is 0 Å². The third kappa shape index (κ3) is 2.91. The molecule has 0 atom stereocenters. The normalized spacial score (nSPS) is 12.8. The second kappa shape index (κ2) is 4.50. The fourth-order valence-corrected chi connectivity index (χ4v) is 1.50. The largest absolute Gasteiger partial charge is 0.416 e. The van der Waals surface area contributed by atoms with E-state index in [-0.39, 0.29) is 17.8 Å². The number of aryl methyl sites for hydroxylation is 1. The van der Waals surface area contributed by atoms with E-state index in [2.05, 4.69) is 14.7 Å².